The largest absolute Gasteiger partial charge is 0.508 e. The first-order valence-corrected chi connectivity index (χ1v) is 11.5. The second-order valence-electron chi connectivity index (χ2n) is 8.56. The number of hydrogen-bond acceptors (Lipinski definition) is 6. The topological polar surface area (TPSA) is 78.8 Å². The van der Waals surface area contributed by atoms with Crippen LogP contribution in [-0.4, -0.2) is 53.8 Å². The van der Waals surface area contributed by atoms with Crippen molar-refractivity contribution >= 4 is 28.4 Å². The number of anilines is 2. The van der Waals surface area contributed by atoms with E-state index < -0.39 is 0 Å². The number of amides is 1. The van der Waals surface area contributed by atoms with Crippen LogP contribution in [0.25, 0.3) is 22.0 Å². The number of aromatic nitrogens is 2. The molecule has 3 aromatic carbocycles. The third-order valence-electron chi connectivity index (χ3n) is 6.49. The molecule has 0 unspecified atom stereocenters. The second-order valence-corrected chi connectivity index (χ2v) is 8.56. The molecule has 2 aliphatic rings. The molecule has 1 saturated heterocycles. The maximum atomic E-state index is 13.8. The standard InChI is InChI=1S/C27H24N4O3/c32-20-8-3-7-19(17-20)24-23-11-12-31(25(23)29-27(28-24)30-13-15-34-16-14-30)26(33)22-10-4-6-18-5-1-2-9-21(18)22/h1-10,17,32H,11-16H2. The lowest BCUT2D eigenvalue weighted by Gasteiger charge is -2.28. The van der Waals surface area contributed by atoms with Gasteiger partial charge in [0.25, 0.3) is 5.91 Å². The van der Waals surface area contributed by atoms with Crippen molar-refractivity contribution in [3.8, 4) is 17.0 Å². The Hall–Kier alpha value is -3.97. The highest BCUT2D eigenvalue weighted by molar-refractivity contribution is 6.14. The van der Waals surface area contributed by atoms with Crippen LogP contribution in [-0.2, 0) is 11.2 Å². The van der Waals surface area contributed by atoms with Crippen molar-refractivity contribution in [3.63, 3.8) is 0 Å². The van der Waals surface area contributed by atoms with Crippen molar-refractivity contribution in [3.05, 3.63) is 77.9 Å². The van der Waals surface area contributed by atoms with Crippen molar-refractivity contribution in [2.75, 3.05) is 42.6 Å². The van der Waals surface area contributed by atoms with Crippen molar-refractivity contribution in [1.82, 2.24) is 9.97 Å². The number of fused-ring (bicyclic) bond motifs is 2. The predicted octanol–water partition coefficient (Wildman–Crippen LogP) is 4.04. The Balaban J connectivity index is 1.48. The van der Waals surface area contributed by atoms with Gasteiger partial charge in [0, 0.05) is 36.3 Å². The molecule has 7 heteroatoms. The van der Waals surface area contributed by atoms with Crippen LogP contribution in [0.5, 0.6) is 5.75 Å². The average Bonchev–Trinajstić information content (AvgIpc) is 3.32. The van der Waals surface area contributed by atoms with Gasteiger partial charge >= 0.3 is 0 Å². The quantitative estimate of drug-likeness (QED) is 0.505. The van der Waals surface area contributed by atoms with Crippen LogP contribution in [0.3, 0.4) is 0 Å². The van der Waals surface area contributed by atoms with E-state index in [4.69, 9.17) is 14.7 Å². The van der Waals surface area contributed by atoms with Gasteiger partial charge in [-0.25, -0.2) is 4.98 Å². The molecular weight excluding hydrogens is 428 g/mol. The first-order valence-electron chi connectivity index (χ1n) is 11.5. The number of rotatable bonds is 3. The van der Waals surface area contributed by atoms with Gasteiger partial charge in [0.1, 0.15) is 11.6 Å². The van der Waals surface area contributed by atoms with Crippen molar-refractivity contribution in [1.29, 1.82) is 0 Å². The fraction of sp³-hybridized carbons (Fsp3) is 0.222. The summed E-state index contributed by atoms with van der Waals surface area (Å²) in [5, 5.41) is 12.1. The molecule has 1 aromatic heterocycles. The van der Waals surface area contributed by atoms with E-state index in [1.165, 1.54) is 0 Å². The Labute approximate surface area is 197 Å². The van der Waals surface area contributed by atoms with E-state index in [-0.39, 0.29) is 11.7 Å². The summed E-state index contributed by atoms with van der Waals surface area (Å²) in [5.41, 5.74) is 3.16. The van der Waals surface area contributed by atoms with Crippen LogP contribution in [0.4, 0.5) is 11.8 Å². The Morgan fingerprint density at radius 1 is 0.912 bits per heavy atom. The van der Waals surface area contributed by atoms with Crippen LogP contribution in [0.1, 0.15) is 15.9 Å². The number of ether oxygens (including phenoxy) is 1. The van der Waals surface area contributed by atoms with Crippen LogP contribution in [0.2, 0.25) is 0 Å². The number of carbonyl (C=O) groups is 1. The minimum Gasteiger partial charge on any atom is -0.508 e. The van der Waals surface area contributed by atoms with Crippen LogP contribution in [0.15, 0.2) is 66.7 Å². The van der Waals surface area contributed by atoms with Crippen molar-refractivity contribution < 1.29 is 14.6 Å². The number of phenolic OH excluding ortho intramolecular Hbond substituents is 1. The van der Waals surface area contributed by atoms with Gasteiger partial charge in [0.05, 0.1) is 18.9 Å². The first kappa shape index (κ1) is 20.6. The maximum absolute atomic E-state index is 13.8. The van der Waals surface area contributed by atoms with Crippen LogP contribution >= 0.6 is 0 Å². The highest BCUT2D eigenvalue weighted by Gasteiger charge is 2.32. The van der Waals surface area contributed by atoms with E-state index in [9.17, 15) is 9.90 Å². The van der Waals surface area contributed by atoms with E-state index >= 15 is 0 Å². The van der Waals surface area contributed by atoms with E-state index in [0.717, 1.165) is 27.6 Å². The van der Waals surface area contributed by atoms with Crippen molar-refractivity contribution in [2.24, 2.45) is 0 Å². The number of carbonyl (C=O) groups excluding carboxylic acids is 1. The Bertz CT molecular complexity index is 1390. The summed E-state index contributed by atoms with van der Waals surface area (Å²) in [4.78, 5) is 27.5. The molecule has 0 aliphatic carbocycles. The lowest BCUT2D eigenvalue weighted by atomic mass is 10.0. The predicted molar refractivity (Wildman–Crippen MR) is 131 cm³/mol. The summed E-state index contributed by atoms with van der Waals surface area (Å²) >= 11 is 0. The summed E-state index contributed by atoms with van der Waals surface area (Å²) in [7, 11) is 0. The van der Waals surface area contributed by atoms with Gasteiger partial charge in [0.15, 0.2) is 0 Å². The number of nitrogens with zero attached hydrogens (tertiary/aromatic N) is 4. The Morgan fingerprint density at radius 3 is 2.56 bits per heavy atom. The zero-order valence-corrected chi connectivity index (χ0v) is 18.6. The van der Waals surface area contributed by atoms with Gasteiger partial charge in [-0.3, -0.25) is 9.69 Å². The molecule has 2 aliphatic heterocycles. The second kappa shape index (κ2) is 8.43. The maximum Gasteiger partial charge on any atom is 0.260 e. The van der Waals surface area contributed by atoms with Crippen LogP contribution in [0, 0.1) is 0 Å². The molecule has 0 spiro atoms. The zero-order valence-electron chi connectivity index (χ0n) is 18.6. The Morgan fingerprint density at radius 2 is 1.71 bits per heavy atom. The molecule has 0 atom stereocenters. The molecular formula is C27H24N4O3. The Kier molecular flexibility index (Phi) is 5.11. The minimum absolute atomic E-state index is 0.0657. The molecule has 1 N–H and O–H groups in total. The average molecular weight is 453 g/mol. The van der Waals surface area contributed by atoms with E-state index in [1.54, 1.807) is 17.0 Å². The van der Waals surface area contributed by atoms with Gasteiger partial charge in [-0.1, -0.05) is 48.5 Å². The third kappa shape index (κ3) is 3.54. The SMILES string of the molecule is O=C(c1cccc2ccccc12)N1CCc2c(-c3cccc(O)c3)nc(N3CCOCC3)nc21. The van der Waals surface area contributed by atoms with Gasteiger partial charge in [0.2, 0.25) is 5.95 Å². The fourth-order valence-corrected chi connectivity index (χ4v) is 4.80. The fourth-order valence-electron chi connectivity index (χ4n) is 4.80. The molecule has 0 radical (unpaired) electrons. The summed E-state index contributed by atoms with van der Waals surface area (Å²) < 4.78 is 5.51. The number of aromatic hydroxyl groups is 1. The smallest absolute Gasteiger partial charge is 0.260 e. The molecule has 0 bridgehead atoms. The first-order chi connectivity index (χ1) is 16.7. The van der Waals surface area contributed by atoms with Gasteiger partial charge < -0.3 is 14.7 Å². The molecule has 34 heavy (non-hydrogen) atoms. The van der Waals surface area contributed by atoms with E-state index in [1.807, 2.05) is 54.6 Å². The number of benzene rings is 3. The molecule has 170 valence electrons. The summed E-state index contributed by atoms with van der Waals surface area (Å²) in [6.45, 7) is 3.14. The van der Waals surface area contributed by atoms with Gasteiger partial charge in [-0.15, -0.1) is 0 Å². The van der Waals surface area contributed by atoms with Crippen molar-refractivity contribution in [2.45, 2.75) is 6.42 Å². The molecule has 4 aromatic rings. The molecule has 6 rings (SSSR count). The lowest BCUT2D eigenvalue weighted by molar-refractivity contribution is 0.0990. The number of morpholine rings is 1. The summed E-state index contributed by atoms with van der Waals surface area (Å²) in [6.07, 6.45) is 0.653. The highest BCUT2D eigenvalue weighted by atomic mass is 16.5. The zero-order chi connectivity index (χ0) is 23.1. The van der Waals surface area contributed by atoms with Crippen LogP contribution < -0.4 is 9.80 Å². The normalized spacial score (nSPS) is 15.5. The third-order valence-corrected chi connectivity index (χ3v) is 6.49. The molecule has 1 fully saturated rings. The van der Waals surface area contributed by atoms with E-state index in [2.05, 4.69) is 4.90 Å². The van der Waals surface area contributed by atoms with E-state index in [0.29, 0.717) is 56.6 Å². The van der Waals surface area contributed by atoms with Gasteiger partial charge in [-0.05, 0) is 35.4 Å². The van der Waals surface area contributed by atoms with Gasteiger partial charge in [-0.2, -0.15) is 4.98 Å². The summed E-state index contributed by atoms with van der Waals surface area (Å²) in [6, 6.07) is 20.8. The number of phenols is 1. The lowest BCUT2D eigenvalue weighted by Crippen LogP contribution is -2.38. The molecule has 7 nitrogen and oxygen atoms in total. The molecule has 0 saturated carbocycles. The number of hydrogen-bond donors (Lipinski definition) is 1. The highest BCUT2D eigenvalue weighted by Crippen LogP contribution is 2.37. The molecule has 1 amide bonds. The monoisotopic (exact) mass is 452 g/mol. The minimum atomic E-state index is -0.0657. The molecule has 3 heterocycles. The summed E-state index contributed by atoms with van der Waals surface area (Å²) in [5.74, 6) is 1.34.